The van der Waals surface area contributed by atoms with Gasteiger partial charge in [0.05, 0.1) is 5.56 Å². The summed E-state index contributed by atoms with van der Waals surface area (Å²) in [6, 6.07) is 15.7. The monoisotopic (exact) mass is 477 g/mol. The predicted molar refractivity (Wildman–Crippen MR) is 98.8 cm³/mol. The van der Waals surface area contributed by atoms with E-state index in [0.29, 0.717) is 24.5 Å². The van der Waals surface area contributed by atoms with Crippen LogP contribution in [0.5, 0.6) is 0 Å². The van der Waals surface area contributed by atoms with Gasteiger partial charge < -0.3 is 4.90 Å². The van der Waals surface area contributed by atoms with Gasteiger partial charge in [-0.1, -0.05) is 46.3 Å². The highest BCUT2D eigenvalue weighted by molar-refractivity contribution is 14.1. The fourth-order valence-electron chi connectivity index (χ4n) is 1.99. The highest BCUT2D eigenvalue weighted by Crippen LogP contribution is 2.21. The number of hydrogen-bond acceptors (Lipinski definition) is 1. The van der Waals surface area contributed by atoms with E-state index in [1.807, 2.05) is 48.5 Å². The van der Waals surface area contributed by atoms with Crippen LogP contribution in [0.4, 0.5) is 0 Å². The second-order valence-electron chi connectivity index (χ2n) is 4.53. The van der Waals surface area contributed by atoms with Crippen molar-refractivity contribution in [1.29, 1.82) is 0 Å². The van der Waals surface area contributed by atoms with E-state index in [1.54, 1.807) is 4.90 Å². The van der Waals surface area contributed by atoms with Crippen molar-refractivity contribution >= 4 is 56.0 Å². The number of halogens is 3. The molecule has 2 rings (SSSR count). The smallest absolute Gasteiger partial charge is 0.255 e. The molecular formula is C16H14BrClINO. The number of carbonyl (C=O) groups is 1. The fourth-order valence-corrected chi connectivity index (χ4v) is 3.12. The second-order valence-corrected chi connectivity index (χ2v) is 6.98. The molecule has 1 amide bonds. The van der Waals surface area contributed by atoms with Gasteiger partial charge in [0.2, 0.25) is 0 Å². The minimum Gasteiger partial charge on any atom is -0.333 e. The lowest BCUT2D eigenvalue weighted by atomic mass is 10.1. The van der Waals surface area contributed by atoms with Crippen LogP contribution in [0.3, 0.4) is 0 Å². The van der Waals surface area contributed by atoms with Crippen LogP contribution in [0.15, 0.2) is 53.0 Å². The van der Waals surface area contributed by atoms with E-state index < -0.39 is 0 Å². The SMILES string of the molecule is O=C(c1cc(Br)ccc1I)N(CCCl)Cc1ccccc1. The zero-order valence-electron chi connectivity index (χ0n) is 11.2. The molecule has 21 heavy (non-hydrogen) atoms. The van der Waals surface area contributed by atoms with Gasteiger partial charge in [0.25, 0.3) is 5.91 Å². The lowest BCUT2D eigenvalue weighted by Gasteiger charge is -2.22. The van der Waals surface area contributed by atoms with E-state index in [2.05, 4.69) is 38.5 Å². The van der Waals surface area contributed by atoms with Gasteiger partial charge in [-0.15, -0.1) is 11.6 Å². The van der Waals surface area contributed by atoms with Crippen LogP contribution in [0.25, 0.3) is 0 Å². The standard InChI is InChI=1S/C16H14BrClINO/c17-13-6-7-15(19)14(10-13)16(21)20(9-8-18)11-12-4-2-1-3-5-12/h1-7,10H,8-9,11H2. The molecule has 0 aliphatic rings. The Balaban J connectivity index is 2.25. The Morgan fingerprint density at radius 2 is 1.90 bits per heavy atom. The molecule has 0 aliphatic carbocycles. The number of alkyl halides is 1. The van der Waals surface area contributed by atoms with Crippen LogP contribution < -0.4 is 0 Å². The van der Waals surface area contributed by atoms with Gasteiger partial charge in [-0.05, 0) is 46.4 Å². The van der Waals surface area contributed by atoms with E-state index in [0.717, 1.165) is 13.6 Å². The number of carbonyl (C=O) groups excluding carboxylic acids is 1. The minimum absolute atomic E-state index is 0.00482. The molecule has 110 valence electrons. The maximum absolute atomic E-state index is 12.8. The maximum Gasteiger partial charge on any atom is 0.255 e. The van der Waals surface area contributed by atoms with Gasteiger partial charge in [-0.25, -0.2) is 0 Å². The van der Waals surface area contributed by atoms with Crippen molar-refractivity contribution < 1.29 is 4.79 Å². The van der Waals surface area contributed by atoms with E-state index in [1.165, 1.54) is 0 Å². The summed E-state index contributed by atoms with van der Waals surface area (Å²) in [5.74, 6) is 0.425. The van der Waals surface area contributed by atoms with Gasteiger partial charge >= 0.3 is 0 Å². The molecule has 2 nitrogen and oxygen atoms in total. The summed E-state index contributed by atoms with van der Waals surface area (Å²) in [7, 11) is 0. The van der Waals surface area contributed by atoms with Crippen LogP contribution in [-0.2, 0) is 6.54 Å². The summed E-state index contributed by atoms with van der Waals surface area (Å²) in [6.07, 6.45) is 0. The lowest BCUT2D eigenvalue weighted by Crippen LogP contribution is -2.32. The van der Waals surface area contributed by atoms with Gasteiger partial charge in [-0.3, -0.25) is 4.79 Å². The summed E-state index contributed by atoms with van der Waals surface area (Å²) in [5.41, 5.74) is 1.80. The van der Waals surface area contributed by atoms with E-state index in [4.69, 9.17) is 11.6 Å². The molecule has 2 aromatic rings. The molecule has 0 N–H and O–H groups in total. The molecule has 0 fully saturated rings. The summed E-state index contributed by atoms with van der Waals surface area (Å²) in [5, 5.41) is 0. The molecular weight excluding hydrogens is 464 g/mol. The quantitative estimate of drug-likeness (QED) is 0.441. The summed E-state index contributed by atoms with van der Waals surface area (Å²) in [6.45, 7) is 1.09. The normalized spacial score (nSPS) is 10.4. The van der Waals surface area contributed by atoms with Crippen molar-refractivity contribution in [2.75, 3.05) is 12.4 Å². The lowest BCUT2D eigenvalue weighted by molar-refractivity contribution is 0.0752. The third-order valence-electron chi connectivity index (χ3n) is 3.02. The van der Waals surface area contributed by atoms with E-state index >= 15 is 0 Å². The molecule has 2 aromatic carbocycles. The van der Waals surface area contributed by atoms with Gasteiger partial charge in [-0.2, -0.15) is 0 Å². The first kappa shape index (κ1) is 16.8. The van der Waals surface area contributed by atoms with Gasteiger partial charge in [0.1, 0.15) is 0 Å². The zero-order valence-corrected chi connectivity index (χ0v) is 15.7. The Morgan fingerprint density at radius 1 is 1.19 bits per heavy atom. The molecule has 0 saturated carbocycles. The third kappa shape index (κ3) is 4.69. The molecule has 5 heteroatoms. The van der Waals surface area contributed by atoms with Crippen molar-refractivity contribution in [2.45, 2.75) is 6.54 Å². The highest BCUT2D eigenvalue weighted by atomic mass is 127. The van der Waals surface area contributed by atoms with Crippen LogP contribution >= 0.6 is 50.1 Å². The van der Waals surface area contributed by atoms with E-state index in [-0.39, 0.29) is 5.91 Å². The maximum atomic E-state index is 12.8. The number of amides is 1. The Labute approximate surface area is 151 Å². The molecule has 0 aromatic heterocycles. The second kappa shape index (κ2) is 8.15. The predicted octanol–water partition coefficient (Wildman–Crippen LogP) is 4.93. The van der Waals surface area contributed by atoms with Crippen molar-refractivity contribution in [1.82, 2.24) is 4.90 Å². The average Bonchev–Trinajstić information content (AvgIpc) is 2.49. The Morgan fingerprint density at radius 3 is 2.57 bits per heavy atom. The molecule has 0 spiro atoms. The summed E-state index contributed by atoms with van der Waals surface area (Å²) in [4.78, 5) is 14.5. The largest absolute Gasteiger partial charge is 0.333 e. The van der Waals surface area contributed by atoms with Crippen LogP contribution in [-0.4, -0.2) is 23.2 Å². The first-order valence-electron chi connectivity index (χ1n) is 6.46. The zero-order chi connectivity index (χ0) is 15.2. The molecule has 0 aliphatic heterocycles. The van der Waals surface area contributed by atoms with Crippen molar-refractivity contribution in [2.24, 2.45) is 0 Å². The molecule has 0 saturated heterocycles. The topological polar surface area (TPSA) is 20.3 Å². The van der Waals surface area contributed by atoms with Crippen molar-refractivity contribution in [3.63, 3.8) is 0 Å². The first-order valence-corrected chi connectivity index (χ1v) is 8.86. The Bertz CT molecular complexity index is 621. The number of nitrogens with zero attached hydrogens (tertiary/aromatic N) is 1. The van der Waals surface area contributed by atoms with Crippen LogP contribution in [0.1, 0.15) is 15.9 Å². The van der Waals surface area contributed by atoms with Gasteiger partial charge in [0, 0.05) is 27.0 Å². The van der Waals surface area contributed by atoms with Crippen molar-refractivity contribution in [3.05, 3.63) is 67.7 Å². The Hall–Kier alpha value is -0.590. The number of hydrogen-bond donors (Lipinski definition) is 0. The molecule has 0 radical (unpaired) electrons. The molecule has 0 heterocycles. The third-order valence-corrected chi connectivity index (χ3v) is 4.62. The number of benzene rings is 2. The van der Waals surface area contributed by atoms with Crippen molar-refractivity contribution in [3.8, 4) is 0 Å². The minimum atomic E-state index is 0.00482. The molecule has 0 unspecified atom stereocenters. The van der Waals surface area contributed by atoms with E-state index in [9.17, 15) is 4.79 Å². The molecule has 0 atom stereocenters. The Kier molecular flexibility index (Phi) is 6.51. The first-order chi connectivity index (χ1) is 10.1. The van der Waals surface area contributed by atoms with Crippen LogP contribution in [0.2, 0.25) is 0 Å². The molecule has 0 bridgehead atoms. The highest BCUT2D eigenvalue weighted by Gasteiger charge is 2.18. The number of rotatable bonds is 5. The summed E-state index contributed by atoms with van der Waals surface area (Å²) < 4.78 is 1.84. The summed E-state index contributed by atoms with van der Waals surface area (Å²) >= 11 is 11.5. The fraction of sp³-hybridized carbons (Fsp3) is 0.188. The van der Waals surface area contributed by atoms with Gasteiger partial charge in [0.15, 0.2) is 0 Å². The average molecular weight is 479 g/mol. The van der Waals surface area contributed by atoms with Crippen LogP contribution in [0, 0.1) is 3.57 Å².